The normalized spacial score (nSPS) is 10.5. The standard InChI is InChI=1S/C16H14ClN3O3/c17-13-6-7-14(23-10-15(18)21)12(8-13)9-19-20-16(22)11-4-2-1-3-5-11/h1-9H,10H2,(H2,18,21)(H,20,22)/b19-9+. The fourth-order valence-corrected chi connectivity index (χ4v) is 1.90. The number of nitrogens with zero attached hydrogens (tertiary/aromatic N) is 1. The van der Waals surface area contributed by atoms with Crippen LogP contribution in [-0.2, 0) is 4.79 Å². The summed E-state index contributed by atoms with van der Waals surface area (Å²) in [5.74, 6) is -0.561. The lowest BCUT2D eigenvalue weighted by molar-refractivity contribution is -0.119. The lowest BCUT2D eigenvalue weighted by atomic mass is 10.2. The van der Waals surface area contributed by atoms with Crippen molar-refractivity contribution in [3.63, 3.8) is 0 Å². The van der Waals surface area contributed by atoms with Gasteiger partial charge in [0.1, 0.15) is 5.75 Å². The van der Waals surface area contributed by atoms with Gasteiger partial charge in [0, 0.05) is 16.1 Å². The largest absolute Gasteiger partial charge is 0.483 e. The summed E-state index contributed by atoms with van der Waals surface area (Å²) in [6.45, 7) is -0.265. The van der Waals surface area contributed by atoms with E-state index in [1.165, 1.54) is 6.21 Å². The molecular weight excluding hydrogens is 318 g/mol. The Morgan fingerprint density at radius 1 is 1.22 bits per heavy atom. The van der Waals surface area contributed by atoms with Gasteiger partial charge in [-0.15, -0.1) is 0 Å². The molecule has 2 rings (SSSR count). The third kappa shape index (κ3) is 5.12. The number of amides is 2. The number of nitrogens with two attached hydrogens (primary N) is 1. The Hall–Kier alpha value is -2.86. The molecule has 0 heterocycles. The van der Waals surface area contributed by atoms with Crippen molar-refractivity contribution >= 4 is 29.6 Å². The highest BCUT2D eigenvalue weighted by Gasteiger charge is 2.06. The van der Waals surface area contributed by atoms with Gasteiger partial charge in [0.25, 0.3) is 11.8 Å². The predicted octanol–water partition coefficient (Wildman–Crippen LogP) is 1.97. The van der Waals surface area contributed by atoms with E-state index in [1.807, 2.05) is 6.07 Å². The number of hydrogen-bond acceptors (Lipinski definition) is 4. The van der Waals surface area contributed by atoms with Crippen molar-refractivity contribution < 1.29 is 14.3 Å². The minimum atomic E-state index is -0.597. The van der Waals surface area contributed by atoms with Crippen LogP contribution in [0.5, 0.6) is 5.75 Å². The zero-order valence-electron chi connectivity index (χ0n) is 12.0. The number of rotatable bonds is 6. The molecule has 0 spiro atoms. The average molecular weight is 332 g/mol. The smallest absolute Gasteiger partial charge is 0.271 e. The van der Waals surface area contributed by atoms with Crippen LogP contribution in [0.15, 0.2) is 53.6 Å². The van der Waals surface area contributed by atoms with Crippen molar-refractivity contribution in [2.24, 2.45) is 10.8 Å². The quantitative estimate of drug-likeness (QED) is 0.626. The number of nitrogens with one attached hydrogen (secondary N) is 1. The Labute approximate surface area is 137 Å². The van der Waals surface area contributed by atoms with E-state index in [4.69, 9.17) is 22.1 Å². The van der Waals surface area contributed by atoms with Crippen LogP contribution in [0.4, 0.5) is 0 Å². The fraction of sp³-hybridized carbons (Fsp3) is 0.0625. The Balaban J connectivity index is 2.07. The van der Waals surface area contributed by atoms with Crippen molar-refractivity contribution in [2.75, 3.05) is 6.61 Å². The van der Waals surface area contributed by atoms with Crippen molar-refractivity contribution in [1.82, 2.24) is 5.43 Å². The molecule has 0 aliphatic rings. The maximum atomic E-state index is 11.9. The molecule has 3 N–H and O–H groups in total. The summed E-state index contributed by atoms with van der Waals surface area (Å²) >= 11 is 5.92. The SMILES string of the molecule is NC(=O)COc1ccc(Cl)cc1/C=N/NC(=O)c1ccccc1. The summed E-state index contributed by atoms with van der Waals surface area (Å²) in [7, 11) is 0. The van der Waals surface area contributed by atoms with E-state index in [0.29, 0.717) is 21.9 Å². The lowest BCUT2D eigenvalue weighted by Gasteiger charge is -2.07. The Morgan fingerprint density at radius 3 is 2.65 bits per heavy atom. The zero-order valence-corrected chi connectivity index (χ0v) is 12.8. The van der Waals surface area contributed by atoms with E-state index in [2.05, 4.69) is 10.5 Å². The number of ether oxygens (including phenoxy) is 1. The van der Waals surface area contributed by atoms with E-state index < -0.39 is 5.91 Å². The van der Waals surface area contributed by atoms with Gasteiger partial charge in [0.2, 0.25) is 0 Å². The topological polar surface area (TPSA) is 93.8 Å². The van der Waals surface area contributed by atoms with Crippen molar-refractivity contribution in [3.8, 4) is 5.75 Å². The maximum absolute atomic E-state index is 11.9. The second-order valence-corrected chi connectivity index (χ2v) is 4.94. The molecule has 0 bridgehead atoms. The average Bonchev–Trinajstić information content (AvgIpc) is 2.54. The third-order valence-corrected chi connectivity index (χ3v) is 2.98. The first kappa shape index (κ1) is 16.5. The van der Waals surface area contributed by atoms with Crippen molar-refractivity contribution in [2.45, 2.75) is 0 Å². The van der Waals surface area contributed by atoms with Gasteiger partial charge in [0.05, 0.1) is 6.21 Å². The van der Waals surface area contributed by atoms with E-state index in [0.717, 1.165) is 0 Å². The first-order valence-electron chi connectivity index (χ1n) is 6.65. The van der Waals surface area contributed by atoms with Gasteiger partial charge in [-0.2, -0.15) is 5.10 Å². The van der Waals surface area contributed by atoms with Crippen LogP contribution in [0.2, 0.25) is 5.02 Å². The number of halogens is 1. The summed E-state index contributed by atoms with van der Waals surface area (Å²) in [5.41, 5.74) is 8.44. The molecule has 6 nitrogen and oxygen atoms in total. The number of hydrazone groups is 1. The molecule has 0 aromatic heterocycles. The highest BCUT2D eigenvalue weighted by atomic mass is 35.5. The van der Waals surface area contributed by atoms with Gasteiger partial charge in [0.15, 0.2) is 6.61 Å². The minimum absolute atomic E-state index is 0.265. The monoisotopic (exact) mass is 331 g/mol. The molecule has 0 saturated carbocycles. The summed E-state index contributed by atoms with van der Waals surface area (Å²) in [6.07, 6.45) is 1.38. The molecule has 7 heteroatoms. The molecule has 2 amide bonds. The molecule has 118 valence electrons. The Morgan fingerprint density at radius 2 is 1.96 bits per heavy atom. The molecular formula is C16H14ClN3O3. The van der Waals surface area contributed by atoms with Crippen LogP contribution in [0.25, 0.3) is 0 Å². The van der Waals surface area contributed by atoms with Crippen LogP contribution in [0.1, 0.15) is 15.9 Å². The van der Waals surface area contributed by atoms with Crippen molar-refractivity contribution in [1.29, 1.82) is 0 Å². The number of hydrogen-bond donors (Lipinski definition) is 2. The van der Waals surface area contributed by atoms with Gasteiger partial charge in [-0.1, -0.05) is 29.8 Å². The molecule has 0 aliphatic heterocycles. The predicted molar refractivity (Wildman–Crippen MR) is 87.6 cm³/mol. The maximum Gasteiger partial charge on any atom is 0.271 e. The first-order valence-corrected chi connectivity index (χ1v) is 7.03. The van der Waals surface area contributed by atoms with E-state index in [-0.39, 0.29) is 12.5 Å². The molecule has 0 radical (unpaired) electrons. The van der Waals surface area contributed by atoms with Crippen molar-refractivity contribution in [3.05, 3.63) is 64.7 Å². The molecule has 2 aromatic carbocycles. The lowest BCUT2D eigenvalue weighted by Crippen LogP contribution is -2.20. The number of benzene rings is 2. The van der Waals surface area contributed by atoms with Gasteiger partial charge in [-0.3, -0.25) is 9.59 Å². The molecule has 23 heavy (non-hydrogen) atoms. The molecule has 2 aromatic rings. The Kier molecular flexibility index (Phi) is 5.71. The summed E-state index contributed by atoms with van der Waals surface area (Å²) in [5, 5.41) is 4.33. The number of carbonyl (C=O) groups is 2. The molecule has 0 fully saturated rings. The van der Waals surface area contributed by atoms with Crippen LogP contribution in [0.3, 0.4) is 0 Å². The second-order valence-electron chi connectivity index (χ2n) is 4.50. The van der Waals surface area contributed by atoms with E-state index in [9.17, 15) is 9.59 Å². The molecule has 0 unspecified atom stereocenters. The van der Waals surface area contributed by atoms with Gasteiger partial charge >= 0.3 is 0 Å². The summed E-state index contributed by atoms with van der Waals surface area (Å²) < 4.78 is 5.26. The number of carbonyl (C=O) groups excluding carboxylic acids is 2. The van der Waals surface area contributed by atoms with Gasteiger partial charge < -0.3 is 10.5 Å². The highest BCUT2D eigenvalue weighted by molar-refractivity contribution is 6.30. The molecule has 0 atom stereocenters. The van der Waals surface area contributed by atoms with Gasteiger partial charge in [-0.05, 0) is 30.3 Å². The van der Waals surface area contributed by atoms with Crippen LogP contribution < -0.4 is 15.9 Å². The summed E-state index contributed by atoms with van der Waals surface area (Å²) in [4.78, 5) is 22.7. The fourth-order valence-electron chi connectivity index (χ4n) is 1.72. The third-order valence-electron chi connectivity index (χ3n) is 2.75. The zero-order chi connectivity index (χ0) is 16.7. The summed E-state index contributed by atoms with van der Waals surface area (Å²) in [6, 6.07) is 13.5. The van der Waals surface area contributed by atoms with Crippen LogP contribution in [-0.4, -0.2) is 24.6 Å². The second kappa shape index (κ2) is 7.95. The van der Waals surface area contributed by atoms with Gasteiger partial charge in [-0.25, -0.2) is 5.43 Å². The molecule has 0 aliphatic carbocycles. The first-order chi connectivity index (χ1) is 11.1. The Bertz CT molecular complexity index is 733. The van der Waals surface area contributed by atoms with E-state index >= 15 is 0 Å². The van der Waals surface area contributed by atoms with E-state index in [1.54, 1.807) is 42.5 Å². The number of primary amides is 1. The highest BCUT2D eigenvalue weighted by Crippen LogP contribution is 2.21. The molecule has 0 saturated heterocycles. The van der Waals surface area contributed by atoms with Crippen LogP contribution in [0, 0.1) is 0 Å². The minimum Gasteiger partial charge on any atom is -0.483 e. The van der Waals surface area contributed by atoms with Crippen LogP contribution >= 0.6 is 11.6 Å².